The summed E-state index contributed by atoms with van der Waals surface area (Å²) in [7, 11) is -3.99. The molecule has 2 rings (SSSR count). The fraction of sp³-hybridized carbons (Fsp3) is 0.278. The first-order valence-corrected chi connectivity index (χ1v) is 10.2. The van der Waals surface area contributed by atoms with Crippen LogP contribution in [0.2, 0.25) is 10.0 Å². The Bertz CT molecular complexity index is 899. The third-order valence-electron chi connectivity index (χ3n) is 3.94. The lowest BCUT2D eigenvalue weighted by Gasteiger charge is -2.27. The lowest BCUT2D eigenvalue weighted by Crippen LogP contribution is -2.45. The summed E-state index contributed by atoms with van der Waals surface area (Å²) in [5, 5.41) is 2.81. The molecule has 0 aliphatic carbocycles. The number of amides is 1. The zero-order valence-electron chi connectivity index (χ0n) is 14.7. The van der Waals surface area contributed by atoms with Crippen molar-refractivity contribution in [2.75, 3.05) is 11.9 Å². The van der Waals surface area contributed by atoms with Crippen molar-refractivity contribution in [3.05, 3.63) is 58.1 Å². The van der Waals surface area contributed by atoms with Crippen LogP contribution in [-0.4, -0.2) is 31.2 Å². The molecule has 0 heterocycles. The second-order valence-electron chi connectivity index (χ2n) is 5.79. The van der Waals surface area contributed by atoms with Crippen LogP contribution in [0.1, 0.15) is 19.4 Å². The van der Waals surface area contributed by atoms with Gasteiger partial charge in [0.2, 0.25) is 15.9 Å². The van der Waals surface area contributed by atoms with E-state index in [0.29, 0.717) is 5.69 Å². The first-order valence-electron chi connectivity index (χ1n) is 8.02. The summed E-state index contributed by atoms with van der Waals surface area (Å²) >= 11 is 12.0. The van der Waals surface area contributed by atoms with Gasteiger partial charge in [-0.25, -0.2) is 8.42 Å². The van der Waals surface area contributed by atoms with Gasteiger partial charge in [-0.1, -0.05) is 53.9 Å². The van der Waals surface area contributed by atoms with Crippen molar-refractivity contribution in [3.8, 4) is 0 Å². The highest BCUT2D eigenvalue weighted by Crippen LogP contribution is 2.31. The van der Waals surface area contributed by atoms with Gasteiger partial charge in [0.05, 0.1) is 10.0 Å². The number of carbonyl (C=O) groups is 1. The van der Waals surface area contributed by atoms with Crippen LogP contribution < -0.4 is 5.32 Å². The molecule has 1 atom stereocenters. The van der Waals surface area contributed by atoms with E-state index in [1.807, 2.05) is 19.1 Å². The molecular weight excluding hydrogens is 395 g/mol. The van der Waals surface area contributed by atoms with E-state index in [2.05, 4.69) is 5.32 Å². The number of carbonyl (C=O) groups excluding carboxylic acids is 1. The topological polar surface area (TPSA) is 66.5 Å². The SMILES string of the molecule is CCN([C@H](C)C(=O)Nc1ccc(C)cc1)S(=O)(=O)c1cccc(Cl)c1Cl. The molecule has 2 aromatic carbocycles. The van der Waals surface area contributed by atoms with E-state index in [9.17, 15) is 13.2 Å². The second-order valence-corrected chi connectivity index (χ2v) is 8.44. The average Bonchev–Trinajstić information content (AvgIpc) is 2.59. The Morgan fingerprint density at radius 1 is 1.15 bits per heavy atom. The molecule has 26 heavy (non-hydrogen) atoms. The Morgan fingerprint density at radius 2 is 1.77 bits per heavy atom. The number of sulfonamides is 1. The number of hydrogen-bond acceptors (Lipinski definition) is 3. The molecule has 2 aromatic rings. The van der Waals surface area contributed by atoms with E-state index in [1.165, 1.54) is 25.1 Å². The molecule has 0 saturated carbocycles. The molecule has 140 valence electrons. The normalized spacial score (nSPS) is 12.8. The Labute approximate surface area is 164 Å². The number of anilines is 1. The molecule has 5 nitrogen and oxygen atoms in total. The molecule has 0 aliphatic heterocycles. The molecule has 8 heteroatoms. The van der Waals surface area contributed by atoms with Crippen LogP contribution in [0, 0.1) is 6.92 Å². The Morgan fingerprint density at radius 3 is 2.35 bits per heavy atom. The second kappa shape index (κ2) is 8.39. The molecule has 1 N–H and O–H groups in total. The molecule has 0 saturated heterocycles. The third kappa shape index (κ3) is 4.38. The van der Waals surface area contributed by atoms with Gasteiger partial charge in [0.15, 0.2) is 0 Å². The largest absolute Gasteiger partial charge is 0.325 e. The van der Waals surface area contributed by atoms with Crippen LogP contribution in [0.25, 0.3) is 0 Å². The van der Waals surface area contributed by atoms with Crippen molar-refractivity contribution >= 4 is 44.8 Å². The third-order valence-corrected chi connectivity index (χ3v) is 6.96. The summed E-state index contributed by atoms with van der Waals surface area (Å²) in [6, 6.07) is 10.7. The zero-order valence-corrected chi connectivity index (χ0v) is 17.0. The molecule has 0 fully saturated rings. The molecule has 0 radical (unpaired) electrons. The van der Waals surface area contributed by atoms with Gasteiger partial charge in [0.25, 0.3) is 0 Å². The predicted molar refractivity (Wildman–Crippen MR) is 105 cm³/mol. The predicted octanol–water partition coefficient (Wildman–Crippen LogP) is 4.34. The maximum absolute atomic E-state index is 13.0. The van der Waals surface area contributed by atoms with Gasteiger partial charge in [-0.3, -0.25) is 4.79 Å². The highest BCUT2D eigenvalue weighted by atomic mass is 35.5. The fourth-order valence-electron chi connectivity index (χ4n) is 2.48. The molecule has 0 spiro atoms. The van der Waals surface area contributed by atoms with Gasteiger partial charge in [0, 0.05) is 12.2 Å². The van der Waals surface area contributed by atoms with Crippen molar-refractivity contribution in [1.29, 1.82) is 0 Å². The number of hydrogen-bond donors (Lipinski definition) is 1. The van der Waals surface area contributed by atoms with Crippen molar-refractivity contribution in [2.45, 2.75) is 31.7 Å². The van der Waals surface area contributed by atoms with Gasteiger partial charge >= 0.3 is 0 Å². The van der Waals surface area contributed by atoms with E-state index in [-0.39, 0.29) is 21.5 Å². The highest BCUT2D eigenvalue weighted by molar-refractivity contribution is 7.89. The van der Waals surface area contributed by atoms with Crippen molar-refractivity contribution in [2.24, 2.45) is 0 Å². The summed E-state index contributed by atoms with van der Waals surface area (Å²) in [5.41, 5.74) is 1.66. The summed E-state index contributed by atoms with van der Waals surface area (Å²) in [5.74, 6) is -0.433. The summed E-state index contributed by atoms with van der Waals surface area (Å²) in [6.45, 7) is 5.23. The van der Waals surface area contributed by atoms with Crippen molar-refractivity contribution in [1.82, 2.24) is 4.31 Å². The van der Waals surface area contributed by atoms with Crippen molar-refractivity contribution < 1.29 is 13.2 Å². The minimum absolute atomic E-state index is 0.0567. The molecule has 0 aromatic heterocycles. The van der Waals surface area contributed by atoms with Gasteiger partial charge in [-0.05, 0) is 38.1 Å². The summed E-state index contributed by atoms with van der Waals surface area (Å²) in [4.78, 5) is 12.4. The average molecular weight is 415 g/mol. The van der Waals surface area contributed by atoms with Gasteiger partial charge < -0.3 is 5.32 Å². The maximum atomic E-state index is 13.0. The summed E-state index contributed by atoms with van der Waals surface area (Å²) in [6.07, 6.45) is 0. The monoisotopic (exact) mass is 414 g/mol. The first kappa shape index (κ1) is 20.7. The minimum atomic E-state index is -3.99. The smallest absolute Gasteiger partial charge is 0.245 e. The number of rotatable bonds is 6. The maximum Gasteiger partial charge on any atom is 0.245 e. The van der Waals surface area contributed by atoms with Crippen LogP contribution in [0.4, 0.5) is 5.69 Å². The number of benzene rings is 2. The number of nitrogens with zero attached hydrogens (tertiary/aromatic N) is 1. The Hall–Kier alpha value is -1.60. The van der Waals surface area contributed by atoms with E-state index in [4.69, 9.17) is 23.2 Å². The standard InChI is InChI=1S/C18H20Cl2N2O3S/c1-4-22(26(24,25)16-7-5-6-15(19)17(16)20)13(3)18(23)21-14-10-8-12(2)9-11-14/h5-11,13H,4H2,1-3H3,(H,21,23)/t13-/m1/s1. The van der Waals surface area contributed by atoms with E-state index in [1.54, 1.807) is 19.1 Å². The van der Waals surface area contributed by atoms with Crippen molar-refractivity contribution in [3.63, 3.8) is 0 Å². The highest BCUT2D eigenvalue weighted by Gasteiger charge is 2.33. The Balaban J connectivity index is 2.29. The molecule has 1 amide bonds. The lowest BCUT2D eigenvalue weighted by molar-refractivity contribution is -0.119. The van der Waals surface area contributed by atoms with Gasteiger partial charge in [0.1, 0.15) is 10.9 Å². The first-order chi connectivity index (χ1) is 12.2. The van der Waals surface area contributed by atoms with Crippen LogP contribution >= 0.6 is 23.2 Å². The lowest BCUT2D eigenvalue weighted by atomic mass is 10.2. The van der Waals surface area contributed by atoms with Crippen LogP contribution in [0.3, 0.4) is 0 Å². The quantitative estimate of drug-likeness (QED) is 0.763. The molecular formula is C18H20Cl2N2O3S. The van der Waals surface area contributed by atoms with Crippen LogP contribution in [-0.2, 0) is 14.8 Å². The van der Waals surface area contributed by atoms with Crippen LogP contribution in [0.5, 0.6) is 0 Å². The van der Waals surface area contributed by atoms with Gasteiger partial charge in [-0.2, -0.15) is 4.31 Å². The number of halogens is 2. The number of nitrogens with one attached hydrogen (secondary N) is 1. The molecule has 0 bridgehead atoms. The number of likely N-dealkylation sites (N-methyl/N-ethyl adjacent to an activating group) is 1. The fourth-order valence-corrected chi connectivity index (χ4v) is 4.82. The van der Waals surface area contributed by atoms with E-state index < -0.39 is 22.0 Å². The molecule has 0 unspecified atom stereocenters. The zero-order chi connectivity index (χ0) is 19.5. The van der Waals surface area contributed by atoms with E-state index >= 15 is 0 Å². The Kier molecular flexibility index (Phi) is 6.69. The van der Waals surface area contributed by atoms with Gasteiger partial charge in [-0.15, -0.1) is 0 Å². The van der Waals surface area contributed by atoms with Crippen LogP contribution in [0.15, 0.2) is 47.4 Å². The number of aryl methyl sites for hydroxylation is 1. The summed E-state index contributed by atoms with van der Waals surface area (Å²) < 4.78 is 27.1. The minimum Gasteiger partial charge on any atom is -0.325 e. The van der Waals surface area contributed by atoms with E-state index in [0.717, 1.165) is 9.87 Å². The molecule has 0 aliphatic rings.